The van der Waals surface area contributed by atoms with Crippen LogP contribution in [0.1, 0.15) is 32.1 Å². The summed E-state index contributed by atoms with van der Waals surface area (Å²) in [5.74, 6) is 4.33. The zero-order valence-electron chi connectivity index (χ0n) is 8.41. The van der Waals surface area contributed by atoms with Crippen LogP contribution in [-0.2, 0) is 4.79 Å². The van der Waals surface area contributed by atoms with Gasteiger partial charge in [-0.3, -0.25) is 4.79 Å². The largest absolute Gasteiger partial charge is 0.353 e. The predicted molar refractivity (Wildman–Crippen MR) is 52.5 cm³/mol. The van der Waals surface area contributed by atoms with E-state index in [1.807, 2.05) is 0 Å². The highest BCUT2D eigenvalue weighted by Gasteiger charge is 2.67. The van der Waals surface area contributed by atoms with Crippen LogP contribution in [0.15, 0.2) is 0 Å². The van der Waals surface area contributed by atoms with E-state index in [4.69, 9.17) is 0 Å². The minimum Gasteiger partial charge on any atom is -0.353 e. The van der Waals surface area contributed by atoms with Gasteiger partial charge in [0.1, 0.15) is 0 Å². The Bertz CT molecular complexity index is 281. The van der Waals surface area contributed by atoms with Crippen LogP contribution in [0.3, 0.4) is 0 Å². The molecule has 0 spiro atoms. The number of hydrogen-bond acceptors (Lipinski definition) is 1. The van der Waals surface area contributed by atoms with E-state index in [0.29, 0.717) is 17.9 Å². The summed E-state index contributed by atoms with van der Waals surface area (Å²) in [6.07, 6.45) is 6.72. The number of rotatable bonds is 2. The third kappa shape index (κ3) is 0.896. The first-order chi connectivity index (χ1) is 6.84. The van der Waals surface area contributed by atoms with Crippen molar-refractivity contribution in [2.75, 3.05) is 0 Å². The van der Waals surface area contributed by atoms with Crippen molar-refractivity contribution in [2.45, 2.75) is 38.1 Å². The molecule has 0 heterocycles. The molecule has 0 aromatic carbocycles. The fraction of sp³-hybridized carbons (Fsp3) is 0.917. The third-order valence-electron chi connectivity index (χ3n) is 4.96. The Labute approximate surface area is 84.4 Å². The van der Waals surface area contributed by atoms with Gasteiger partial charge >= 0.3 is 0 Å². The van der Waals surface area contributed by atoms with Gasteiger partial charge in [0.15, 0.2) is 0 Å². The first kappa shape index (κ1) is 7.72. The topological polar surface area (TPSA) is 29.1 Å². The lowest BCUT2D eigenvalue weighted by atomic mass is 10.0. The van der Waals surface area contributed by atoms with E-state index in [-0.39, 0.29) is 0 Å². The quantitative estimate of drug-likeness (QED) is 0.705. The van der Waals surface area contributed by atoms with E-state index < -0.39 is 0 Å². The summed E-state index contributed by atoms with van der Waals surface area (Å²) in [6.45, 7) is 0. The molecule has 4 saturated carbocycles. The Kier molecular flexibility index (Phi) is 1.29. The van der Waals surface area contributed by atoms with E-state index >= 15 is 0 Å². The van der Waals surface area contributed by atoms with Crippen LogP contribution in [0.2, 0.25) is 0 Å². The van der Waals surface area contributed by atoms with Crippen molar-refractivity contribution in [1.29, 1.82) is 0 Å². The molecule has 2 nitrogen and oxygen atoms in total. The van der Waals surface area contributed by atoms with Gasteiger partial charge < -0.3 is 5.32 Å². The number of fused-ring (bicyclic) bond motifs is 5. The standard InChI is InChI=1S/C12H17NO/c14-12(13-8-3-4-8)11-9-6-1-2-7(5-6)10(9)11/h6-11H,1-5H2,(H,13,14). The van der Waals surface area contributed by atoms with Gasteiger partial charge in [0.25, 0.3) is 0 Å². The molecule has 1 amide bonds. The third-order valence-corrected chi connectivity index (χ3v) is 4.96. The Morgan fingerprint density at radius 2 is 1.64 bits per heavy atom. The lowest BCUT2D eigenvalue weighted by molar-refractivity contribution is -0.123. The van der Waals surface area contributed by atoms with E-state index in [1.165, 1.54) is 32.1 Å². The molecule has 1 N–H and O–H groups in total. The maximum atomic E-state index is 11.9. The van der Waals surface area contributed by atoms with Crippen LogP contribution in [0, 0.1) is 29.6 Å². The van der Waals surface area contributed by atoms with Crippen LogP contribution < -0.4 is 5.32 Å². The van der Waals surface area contributed by atoms with Crippen LogP contribution in [-0.4, -0.2) is 11.9 Å². The monoisotopic (exact) mass is 191 g/mol. The number of carbonyl (C=O) groups is 1. The summed E-state index contributed by atoms with van der Waals surface area (Å²) in [5, 5.41) is 3.17. The van der Waals surface area contributed by atoms with Gasteiger partial charge in [-0.15, -0.1) is 0 Å². The highest BCUT2D eigenvalue weighted by atomic mass is 16.2. The molecular formula is C12H17NO. The maximum Gasteiger partial charge on any atom is 0.223 e. The second kappa shape index (κ2) is 2.34. The van der Waals surface area contributed by atoms with E-state index in [2.05, 4.69) is 5.32 Å². The fourth-order valence-corrected chi connectivity index (χ4v) is 4.20. The number of amides is 1. The second-order valence-corrected chi connectivity index (χ2v) is 5.80. The van der Waals surface area contributed by atoms with E-state index in [9.17, 15) is 4.79 Å². The molecule has 4 unspecified atom stereocenters. The average Bonchev–Trinajstić information content (AvgIpc) is 3.06. The Morgan fingerprint density at radius 1 is 1.00 bits per heavy atom. The summed E-state index contributed by atoms with van der Waals surface area (Å²) >= 11 is 0. The first-order valence-electron chi connectivity index (χ1n) is 6.15. The normalized spacial score (nSPS) is 53.0. The van der Waals surface area contributed by atoms with Gasteiger partial charge in [0.2, 0.25) is 5.91 Å². The van der Waals surface area contributed by atoms with Crippen LogP contribution in [0.25, 0.3) is 0 Å². The molecule has 2 heteroatoms. The lowest BCUT2D eigenvalue weighted by Gasteiger charge is -2.08. The Balaban J connectivity index is 1.47. The van der Waals surface area contributed by atoms with Crippen molar-refractivity contribution < 1.29 is 4.79 Å². The molecule has 0 aromatic heterocycles. The van der Waals surface area contributed by atoms with Gasteiger partial charge in [0, 0.05) is 12.0 Å². The van der Waals surface area contributed by atoms with Crippen molar-refractivity contribution in [1.82, 2.24) is 5.32 Å². The second-order valence-electron chi connectivity index (χ2n) is 5.80. The zero-order valence-corrected chi connectivity index (χ0v) is 8.41. The molecule has 0 saturated heterocycles. The van der Waals surface area contributed by atoms with Gasteiger partial charge in [-0.25, -0.2) is 0 Å². The molecule has 4 atom stereocenters. The minimum absolute atomic E-state index is 0.402. The molecule has 4 aliphatic carbocycles. The smallest absolute Gasteiger partial charge is 0.223 e. The molecule has 4 aliphatic rings. The fourth-order valence-electron chi connectivity index (χ4n) is 4.20. The average molecular weight is 191 g/mol. The van der Waals surface area contributed by atoms with E-state index in [0.717, 1.165) is 23.7 Å². The summed E-state index contributed by atoms with van der Waals surface area (Å²) in [7, 11) is 0. The van der Waals surface area contributed by atoms with Gasteiger partial charge in [-0.2, -0.15) is 0 Å². The molecule has 0 aromatic rings. The molecule has 4 fully saturated rings. The summed E-state index contributed by atoms with van der Waals surface area (Å²) in [4.78, 5) is 11.9. The van der Waals surface area contributed by atoms with Crippen LogP contribution in [0.4, 0.5) is 0 Å². The number of nitrogens with one attached hydrogen (secondary N) is 1. The maximum absolute atomic E-state index is 11.9. The lowest BCUT2D eigenvalue weighted by Crippen LogP contribution is -2.29. The number of carbonyl (C=O) groups excluding carboxylic acids is 1. The molecule has 76 valence electrons. The predicted octanol–water partition coefficient (Wildman–Crippen LogP) is 1.56. The van der Waals surface area contributed by atoms with Gasteiger partial charge in [-0.1, -0.05) is 0 Å². The molecular weight excluding hydrogens is 174 g/mol. The highest BCUT2D eigenvalue weighted by molar-refractivity contribution is 5.83. The molecule has 2 bridgehead atoms. The van der Waals surface area contributed by atoms with Crippen molar-refractivity contribution in [3.8, 4) is 0 Å². The van der Waals surface area contributed by atoms with Crippen molar-refractivity contribution >= 4 is 5.91 Å². The molecule has 0 radical (unpaired) electrons. The van der Waals surface area contributed by atoms with Gasteiger partial charge in [-0.05, 0) is 55.8 Å². The molecule has 0 aliphatic heterocycles. The first-order valence-corrected chi connectivity index (χ1v) is 6.15. The Morgan fingerprint density at radius 3 is 2.21 bits per heavy atom. The Hall–Kier alpha value is -0.530. The van der Waals surface area contributed by atoms with E-state index in [1.54, 1.807) is 0 Å². The summed E-state index contributed by atoms with van der Waals surface area (Å²) in [5.41, 5.74) is 0. The van der Waals surface area contributed by atoms with Crippen LogP contribution in [0.5, 0.6) is 0 Å². The summed E-state index contributed by atoms with van der Waals surface area (Å²) < 4.78 is 0. The summed E-state index contributed by atoms with van der Waals surface area (Å²) in [6, 6.07) is 0.557. The van der Waals surface area contributed by atoms with Crippen LogP contribution >= 0.6 is 0 Å². The van der Waals surface area contributed by atoms with Gasteiger partial charge in [0.05, 0.1) is 0 Å². The highest BCUT2D eigenvalue weighted by Crippen LogP contribution is 2.69. The van der Waals surface area contributed by atoms with Crippen molar-refractivity contribution in [3.05, 3.63) is 0 Å². The number of hydrogen-bond donors (Lipinski definition) is 1. The van der Waals surface area contributed by atoms with Crippen molar-refractivity contribution in [3.63, 3.8) is 0 Å². The van der Waals surface area contributed by atoms with Crippen molar-refractivity contribution in [2.24, 2.45) is 29.6 Å². The minimum atomic E-state index is 0.402. The molecule has 14 heavy (non-hydrogen) atoms. The zero-order chi connectivity index (χ0) is 9.28. The SMILES string of the molecule is O=C(NC1CC1)C1C2C3CCC(C3)C12. The molecule has 4 rings (SSSR count).